The molecule has 1 aromatic rings. The molecule has 0 unspecified atom stereocenters. The quantitative estimate of drug-likeness (QED) is 0.0451. The molecular formula is C40H66N6O12. The van der Waals surface area contributed by atoms with Crippen LogP contribution < -0.4 is 32.3 Å². The average Bonchev–Trinajstić information content (AvgIpc) is 3.17. The summed E-state index contributed by atoms with van der Waals surface area (Å²) in [7, 11) is 0. The number of nitrogens with one attached hydrogen (secondary N) is 5. The van der Waals surface area contributed by atoms with Gasteiger partial charge in [0.05, 0.1) is 58.8 Å². The van der Waals surface area contributed by atoms with E-state index in [1.54, 1.807) is 52.0 Å². The molecule has 18 heteroatoms. The predicted octanol–water partition coefficient (Wildman–Crippen LogP) is 1.98. The summed E-state index contributed by atoms with van der Waals surface area (Å²) in [6, 6.07) is 4.08. The van der Waals surface area contributed by atoms with Crippen molar-refractivity contribution < 1.29 is 57.2 Å². The summed E-state index contributed by atoms with van der Waals surface area (Å²) >= 11 is 0. The van der Waals surface area contributed by atoms with E-state index in [2.05, 4.69) is 26.6 Å². The number of ether oxygens (including phenoxy) is 5. The number of carbonyl (C=O) groups is 7. The molecule has 0 saturated carbocycles. The van der Waals surface area contributed by atoms with Crippen LogP contribution >= 0.6 is 0 Å². The van der Waals surface area contributed by atoms with Crippen molar-refractivity contribution in [1.29, 1.82) is 0 Å². The van der Waals surface area contributed by atoms with Gasteiger partial charge in [-0.05, 0) is 36.5 Å². The van der Waals surface area contributed by atoms with Crippen LogP contribution in [0.4, 0.5) is 10.5 Å². The first-order chi connectivity index (χ1) is 27.6. The van der Waals surface area contributed by atoms with Crippen LogP contribution in [0.3, 0.4) is 0 Å². The van der Waals surface area contributed by atoms with Crippen molar-refractivity contribution in [1.82, 2.24) is 21.3 Å². The smallest absolute Gasteiger partial charge is 0.312 e. The summed E-state index contributed by atoms with van der Waals surface area (Å²) < 4.78 is 27.1. The van der Waals surface area contributed by atoms with Crippen molar-refractivity contribution >= 4 is 47.1 Å². The molecule has 0 radical (unpaired) electrons. The van der Waals surface area contributed by atoms with Crippen LogP contribution in [0, 0.1) is 17.8 Å². The van der Waals surface area contributed by atoms with Crippen LogP contribution in [0.15, 0.2) is 24.3 Å². The number of ketones is 1. The van der Waals surface area contributed by atoms with E-state index in [1.165, 1.54) is 0 Å². The van der Waals surface area contributed by atoms with E-state index in [4.69, 9.17) is 29.4 Å². The molecule has 0 fully saturated rings. The van der Waals surface area contributed by atoms with E-state index in [-0.39, 0.29) is 94.1 Å². The molecule has 0 spiro atoms. The van der Waals surface area contributed by atoms with Gasteiger partial charge in [0, 0.05) is 44.0 Å². The van der Waals surface area contributed by atoms with Gasteiger partial charge >= 0.3 is 12.0 Å². The molecule has 0 aromatic heterocycles. The highest BCUT2D eigenvalue weighted by atomic mass is 16.6. The standard InChI is InChI=1S/C40H66N6O12/c1-27(2)33(47)13-14-34(48)42-17-19-55-21-23-57-25-24-56-22-20-54-18-15-35(49)46-36(28(3)4)38(51)45-32(8-7-16-43-40(41)53)37(50)44-31-11-9-30(10-12-31)26-58-39(52)29(5)6/h9-12,27-29,32,36H,7-8,13-26H2,1-6H3,(H,42,48)(H,44,50)(H,45,51)(H,46,49)(H3,41,43,53)/t32-,36-/m0/s1. The second kappa shape index (κ2) is 30.4. The van der Waals surface area contributed by atoms with Crippen LogP contribution in [0.2, 0.25) is 0 Å². The van der Waals surface area contributed by atoms with Gasteiger partial charge in [-0.3, -0.25) is 28.8 Å². The maximum atomic E-state index is 13.4. The molecule has 58 heavy (non-hydrogen) atoms. The molecule has 1 rings (SSSR count). The van der Waals surface area contributed by atoms with Crippen LogP contribution in [0.5, 0.6) is 0 Å². The largest absolute Gasteiger partial charge is 0.461 e. The van der Waals surface area contributed by atoms with E-state index in [0.29, 0.717) is 51.7 Å². The third-order valence-electron chi connectivity index (χ3n) is 8.34. The molecule has 328 valence electrons. The van der Waals surface area contributed by atoms with Gasteiger partial charge in [0.15, 0.2) is 0 Å². The second-order valence-corrected chi connectivity index (χ2v) is 14.4. The van der Waals surface area contributed by atoms with Gasteiger partial charge in [-0.25, -0.2) is 4.79 Å². The number of esters is 1. The molecule has 0 bridgehead atoms. The number of amides is 6. The SMILES string of the molecule is CC(C)C(=O)CCC(=O)NCCOCCOCCOCCOCCC(=O)N[C@H](C(=O)N[C@@H](CCCNC(N)=O)C(=O)Nc1ccc(COC(=O)C(C)C)cc1)C(C)C. The molecule has 0 aliphatic heterocycles. The van der Waals surface area contributed by atoms with Gasteiger partial charge in [0.2, 0.25) is 23.6 Å². The third kappa shape index (κ3) is 24.9. The van der Waals surface area contributed by atoms with Crippen LogP contribution in [0.1, 0.15) is 79.2 Å². The molecule has 0 saturated heterocycles. The molecule has 7 N–H and O–H groups in total. The first-order valence-electron chi connectivity index (χ1n) is 19.9. The summed E-state index contributed by atoms with van der Waals surface area (Å²) in [6.45, 7) is 13.6. The lowest BCUT2D eigenvalue weighted by Gasteiger charge is -2.25. The Morgan fingerprint density at radius 3 is 1.76 bits per heavy atom. The summed E-state index contributed by atoms with van der Waals surface area (Å²) in [5.74, 6) is -2.53. The van der Waals surface area contributed by atoms with Crippen molar-refractivity contribution in [2.45, 2.75) is 92.3 Å². The van der Waals surface area contributed by atoms with E-state index in [0.717, 1.165) is 5.56 Å². The Kier molecular flexibility index (Phi) is 27.0. The van der Waals surface area contributed by atoms with Crippen molar-refractivity contribution in [2.24, 2.45) is 23.5 Å². The highest BCUT2D eigenvalue weighted by Gasteiger charge is 2.29. The van der Waals surface area contributed by atoms with Gasteiger partial charge in [0.1, 0.15) is 24.5 Å². The molecule has 0 aliphatic rings. The molecule has 6 amide bonds. The molecule has 0 aliphatic carbocycles. The highest BCUT2D eigenvalue weighted by molar-refractivity contribution is 5.98. The normalized spacial score (nSPS) is 12.2. The van der Waals surface area contributed by atoms with Crippen molar-refractivity contribution in [2.75, 3.05) is 71.3 Å². The molecule has 0 heterocycles. The summed E-state index contributed by atoms with van der Waals surface area (Å²) in [6.07, 6.45) is 0.910. The lowest BCUT2D eigenvalue weighted by Crippen LogP contribution is -2.54. The van der Waals surface area contributed by atoms with E-state index in [9.17, 15) is 33.6 Å². The van der Waals surface area contributed by atoms with Gasteiger partial charge in [-0.15, -0.1) is 0 Å². The Morgan fingerprint density at radius 2 is 1.21 bits per heavy atom. The van der Waals surface area contributed by atoms with E-state index in [1.807, 2.05) is 13.8 Å². The minimum atomic E-state index is -1.00. The zero-order valence-corrected chi connectivity index (χ0v) is 35.0. The number of hydrogen-bond acceptors (Lipinski definition) is 12. The zero-order valence-electron chi connectivity index (χ0n) is 35.0. The van der Waals surface area contributed by atoms with Gasteiger partial charge in [0.25, 0.3) is 0 Å². The Morgan fingerprint density at radius 1 is 0.621 bits per heavy atom. The van der Waals surface area contributed by atoms with Crippen LogP contribution in [-0.4, -0.2) is 119 Å². The van der Waals surface area contributed by atoms with Crippen molar-refractivity contribution in [3.8, 4) is 0 Å². The Balaban J connectivity index is 2.39. The maximum Gasteiger partial charge on any atom is 0.312 e. The number of urea groups is 1. The van der Waals surface area contributed by atoms with Crippen LogP contribution in [0.25, 0.3) is 0 Å². The number of Topliss-reactive ketones (excluding diaryl/α,β-unsaturated/α-hetero) is 1. The van der Waals surface area contributed by atoms with Gasteiger partial charge < -0.3 is 56.0 Å². The molecule has 18 nitrogen and oxygen atoms in total. The predicted molar refractivity (Wildman–Crippen MR) is 215 cm³/mol. The number of primary amides is 1. The third-order valence-corrected chi connectivity index (χ3v) is 8.34. The fourth-order valence-electron chi connectivity index (χ4n) is 4.87. The molecule has 2 atom stereocenters. The van der Waals surface area contributed by atoms with Crippen molar-refractivity contribution in [3.05, 3.63) is 29.8 Å². The highest BCUT2D eigenvalue weighted by Crippen LogP contribution is 2.13. The van der Waals surface area contributed by atoms with Gasteiger partial charge in [-0.1, -0.05) is 53.7 Å². The first kappa shape index (κ1) is 51.4. The Hall–Kier alpha value is -4.65. The minimum Gasteiger partial charge on any atom is -0.461 e. The lowest BCUT2D eigenvalue weighted by molar-refractivity contribution is -0.148. The van der Waals surface area contributed by atoms with E-state index < -0.39 is 35.8 Å². The lowest BCUT2D eigenvalue weighted by atomic mass is 10.0. The zero-order chi connectivity index (χ0) is 43.3. The van der Waals surface area contributed by atoms with Crippen molar-refractivity contribution in [3.63, 3.8) is 0 Å². The number of anilines is 1. The monoisotopic (exact) mass is 822 g/mol. The molecule has 1 aromatic carbocycles. The summed E-state index contributed by atoms with van der Waals surface area (Å²) in [5, 5.41) is 13.4. The van der Waals surface area contributed by atoms with Gasteiger partial charge in [-0.2, -0.15) is 0 Å². The fourth-order valence-corrected chi connectivity index (χ4v) is 4.87. The topological polar surface area (TPSA) is 252 Å². The Bertz CT molecular complexity index is 1410. The number of benzene rings is 1. The second-order valence-electron chi connectivity index (χ2n) is 14.4. The number of hydrogen-bond donors (Lipinski definition) is 6. The maximum absolute atomic E-state index is 13.4. The number of nitrogens with two attached hydrogens (primary N) is 1. The first-order valence-corrected chi connectivity index (χ1v) is 19.9. The minimum absolute atomic E-state index is 0.00350. The van der Waals surface area contributed by atoms with E-state index >= 15 is 0 Å². The number of carbonyl (C=O) groups excluding carboxylic acids is 7. The summed E-state index contributed by atoms with van der Waals surface area (Å²) in [4.78, 5) is 85.7. The van der Waals surface area contributed by atoms with Crippen LogP contribution in [-0.2, 0) is 59.1 Å². The fraction of sp³-hybridized carbons (Fsp3) is 0.675. The summed E-state index contributed by atoms with van der Waals surface area (Å²) in [5.41, 5.74) is 6.34. The average molecular weight is 823 g/mol. The Labute approximate surface area is 342 Å². The molecular weight excluding hydrogens is 756 g/mol. The number of rotatable bonds is 32.